The lowest BCUT2D eigenvalue weighted by Gasteiger charge is -2.06. The zero-order chi connectivity index (χ0) is 27.7. The summed E-state index contributed by atoms with van der Waals surface area (Å²) in [7, 11) is 0. The first-order valence-corrected chi connectivity index (χ1v) is 12.6. The maximum absolute atomic E-state index is 11.8. The highest BCUT2D eigenvalue weighted by Crippen LogP contribution is 2.30. The van der Waals surface area contributed by atoms with Gasteiger partial charge in [-0.05, 0) is 37.6 Å². The summed E-state index contributed by atoms with van der Waals surface area (Å²) in [5.41, 5.74) is 3.29. The zero-order valence-electron chi connectivity index (χ0n) is 20.7. The molecule has 0 spiro atoms. The van der Waals surface area contributed by atoms with Crippen LogP contribution in [0.4, 0.5) is 13.2 Å². The summed E-state index contributed by atoms with van der Waals surface area (Å²) in [4.78, 5) is 26.2. The first-order chi connectivity index (χ1) is 18.1. The third-order valence-corrected chi connectivity index (χ3v) is 6.05. The van der Waals surface area contributed by atoms with Crippen molar-refractivity contribution < 1.29 is 37.3 Å². The molecule has 0 aliphatic rings. The predicted octanol–water partition coefficient (Wildman–Crippen LogP) is 6.50. The van der Waals surface area contributed by atoms with Gasteiger partial charge in [0.25, 0.3) is 0 Å². The van der Waals surface area contributed by atoms with Gasteiger partial charge >= 0.3 is 18.1 Å². The van der Waals surface area contributed by atoms with Crippen molar-refractivity contribution in [3.05, 3.63) is 60.3 Å². The molecular weight excluding hydrogens is 523 g/mol. The Morgan fingerprint density at radius 3 is 2.37 bits per heavy atom. The summed E-state index contributed by atoms with van der Waals surface area (Å²) in [5.74, 6) is -2.21. The third kappa shape index (κ3) is 7.78. The van der Waals surface area contributed by atoms with Crippen LogP contribution in [-0.2, 0) is 9.53 Å². The number of halogens is 3. The van der Waals surface area contributed by atoms with Gasteiger partial charge in [0.05, 0.1) is 30.7 Å². The Kier molecular flexibility index (Phi) is 9.83. The van der Waals surface area contributed by atoms with Crippen molar-refractivity contribution in [3.63, 3.8) is 0 Å². The van der Waals surface area contributed by atoms with E-state index in [0.717, 1.165) is 45.6 Å². The van der Waals surface area contributed by atoms with Crippen molar-refractivity contribution >= 4 is 28.2 Å². The molecular formula is C26H26F3N3O5S. The van der Waals surface area contributed by atoms with E-state index in [-0.39, 0.29) is 5.97 Å². The molecule has 0 bridgehead atoms. The Balaban J connectivity index is 0.000000505. The number of aliphatic carboxylic acids is 1. The van der Waals surface area contributed by atoms with E-state index >= 15 is 0 Å². The van der Waals surface area contributed by atoms with E-state index in [1.54, 1.807) is 23.6 Å². The lowest BCUT2D eigenvalue weighted by atomic mass is 10.1. The Morgan fingerprint density at radius 2 is 1.76 bits per heavy atom. The molecule has 2 aromatic carbocycles. The SMILES string of the molecule is CCCCCOc1cccc(-c2nn3cc(-c4ccc(C(=O)OCC)cc4)nc3s2)c1.O=C(O)C(F)(F)F. The first kappa shape index (κ1) is 28.6. The van der Waals surface area contributed by atoms with Crippen LogP contribution in [0.3, 0.4) is 0 Å². The molecule has 0 fully saturated rings. The summed E-state index contributed by atoms with van der Waals surface area (Å²) >= 11 is 1.53. The second kappa shape index (κ2) is 13.0. The smallest absolute Gasteiger partial charge is 0.490 e. The maximum Gasteiger partial charge on any atom is 0.490 e. The Hall–Kier alpha value is -3.93. The number of carboxylic acids is 1. The van der Waals surface area contributed by atoms with Crippen LogP contribution in [0.1, 0.15) is 43.5 Å². The topological polar surface area (TPSA) is 103 Å². The highest BCUT2D eigenvalue weighted by Gasteiger charge is 2.38. The number of ether oxygens (including phenoxy) is 2. The Labute approximate surface area is 220 Å². The molecule has 1 N–H and O–H groups in total. The van der Waals surface area contributed by atoms with Gasteiger partial charge in [-0.1, -0.05) is 55.4 Å². The third-order valence-electron chi connectivity index (χ3n) is 5.08. The summed E-state index contributed by atoms with van der Waals surface area (Å²) in [6, 6.07) is 15.3. The minimum atomic E-state index is -5.08. The van der Waals surface area contributed by atoms with Crippen LogP contribution in [0.25, 0.3) is 26.8 Å². The molecule has 0 atom stereocenters. The van der Waals surface area contributed by atoms with Gasteiger partial charge in [-0.25, -0.2) is 19.1 Å². The van der Waals surface area contributed by atoms with Gasteiger partial charge in [0.15, 0.2) is 0 Å². The number of aromatic nitrogens is 3. The fourth-order valence-electron chi connectivity index (χ4n) is 3.21. The highest BCUT2D eigenvalue weighted by atomic mass is 32.1. The lowest BCUT2D eigenvalue weighted by Crippen LogP contribution is -2.21. The normalized spacial score (nSPS) is 11.1. The fourth-order valence-corrected chi connectivity index (χ4v) is 4.09. The number of carboxylic acid groups (broad SMARTS) is 1. The average Bonchev–Trinajstić information content (AvgIpc) is 3.47. The minimum Gasteiger partial charge on any atom is -0.494 e. The monoisotopic (exact) mass is 549 g/mol. The van der Waals surface area contributed by atoms with Crippen LogP contribution < -0.4 is 4.74 Å². The van der Waals surface area contributed by atoms with E-state index in [2.05, 4.69) is 6.92 Å². The molecule has 8 nitrogen and oxygen atoms in total. The van der Waals surface area contributed by atoms with Gasteiger partial charge in [-0.3, -0.25) is 0 Å². The molecule has 0 unspecified atom stereocenters. The molecule has 0 saturated carbocycles. The largest absolute Gasteiger partial charge is 0.494 e. The number of rotatable bonds is 9. The second-order valence-corrected chi connectivity index (χ2v) is 8.90. The summed E-state index contributed by atoms with van der Waals surface area (Å²) in [6.07, 6.45) is 0.242. The average molecular weight is 550 g/mol. The molecule has 2 heterocycles. The van der Waals surface area contributed by atoms with Crippen LogP contribution in [0, 0.1) is 0 Å². The fraction of sp³-hybridized carbons (Fsp3) is 0.308. The van der Waals surface area contributed by atoms with Gasteiger partial charge in [-0.15, -0.1) is 0 Å². The molecule has 12 heteroatoms. The van der Waals surface area contributed by atoms with E-state index < -0.39 is 12.1 Å². The Morgan fingerprint density at radius 1 is 1.05 bits per heavy atom. The van der Waals surface area contributed by atoms with Crippen molar-refractivity contribution in [2.45, 2.75) is 39.3 Å². The predicted molar refractivity (Wildman–Crippen MR) is 136 cm³/mol. The van der Waals surface area contributed by atoms with Gasteiger partial charge in [0.2, 0.25) is 4.96 Å². The van der Waals surface area contributed by atoms with E-state index in [1.807, 2.05) is 42.6 Å². The molecule has 202 valence electrons. The molecule has 0 aliphatic heterocycles. The van der Waals surface area contributed by atoms with Crippen molar-refractivity contribution in [1.29, 1.82) is 0 Å². The van der Waals surface area contributed by atoms with Gasteiger partial charge in [0, 0.05) is 11.1 Å². The first-order valence-electron chi connectivity index (χ1n) is 11.8. The van der Waals surface area contributed by atoms with Gasteiger partial charge < -0.3 is 14.6 Å². The number of hydrogen-bond acceptors (Lipinski definition) is 7. The molecule has 0 amide bonds. The quantitative estimate of drug-likeness (QED) is 0.188. The van der Waals surface area contributed by atoms with Crippen molar-refractivity contribution in [3.8, 4) is 27.6 Å². The number of esters is 1. The lowest BCUT2D eigenvalue weighted by molar-refractivity contribution is -0.192. The number of hydrogen-bond donors (Lipinski definition) is 1. The summed E-state index contributed by atoms with van der Waals surface area (Å²) < 4.78 is 44.4. The molecule has 2 aromatic heterocycles. The summed E-state index contributed by atoms with van der Waals surface area (Å²) in [6.45, 7) is 5.07. The van der Waals surface area contributed by atoms with Crippen LogP contribution >= 0.6 is 11.3 Å². The van der Waals surface area contributed by atoms with Crippen LogP contribution in [0.2, 0.25) is 0 Å². The van der Waals surface area contributed by atoms with Gasteiger partial charge in [-0.2, -0.15) is 18.3 Å². The number of imidazole rings is 1. The molecule has 38 heavy (non-hydrogen) atoms. The number of carbonyl (C=O) groups is 2. The number of alkyl halides is 3. The van der Waals surface area contributed by atoms with Gasteiger partial charge in [0.1, 0.15) is 10.8 Å². The minimum absolute atomic E-state index is 0.317. The molecule has 0 aliphatic carbocycles. The standard InChI is InChI=1S/C24H25N3O3S.C2HF3O2/c1-3-5-6-14-30-20-9-7-8-19(15-20)22-26-27-16-21(25-24(27)31-22)17-10-12-18(13-11-17)23(28)29-4-2;3-2(4,5)1(6)7/h7-13,15-16H,3-6,14H2,1-2H3;(H,6,7). The van der Waals surface area contributed by atoms with Crippen LogP contribution in [-0.4, -0.2) is 51.0 Å². The van der Waals surface area contributed by atoms with Crippen molar-refractivity contribution in [2.75, 3.05) is 13.2 Å². The maximum atomic E-state index is 11.8. The zero-order valence-corrected chi connectivity index (χ0v) is 21.5. The number of nitrogens with zero attached hydrogens (tertiary/aromatic N) is 3. The van der Waals surface area contributed by atoms with E-state index in [9.17, 15) is 18.0 Å². The van der Waals surface area contributed by atoms with Crippen LogP contribution in [0.15, 0.2) is 54.7 Å². The second-order valence-electron chi connectivity index (χ2n) is 7.94. The molecule has 0 radical (unpaired) electrons. The number of benzene rings is 2. The summed E-state index contributed by atoms with van der Waals surface area (Å²) in [5, 5.41) is 12.7. The highest BCUT2D eigenvalue weighted by molar-refractivity contribution is 7.19. The van der Waals surface area contributed by atoms with E-state index in [4.69, 9.17) is 29.5 Å². The molecule has 4 aromatic rings. The Bertz CT molecular complexity index is 1340. The van der Waals surface area contributed by atoms with Crippen LogP contribution in [0.5, 0.6) is 5.75 Å². The van der Waals surface area contributed by atoms with Crippen molar-refractivity contribution in [2.24, 2.45) is 0 Å². The molecule has 4 rings (SSSR count). The van der Waals surface area contributed by atoms with E-state index in [1.165, 1.54) is 24.2 Å². The number of fused-ring (bicyclic) bond motifs is 1. The molecule has 0 saturated heterocycles. The number of carbonyl (C=O) groups excluding carboxylic acids is 1. The van der Waals surface area contributed by atoms with E-state index in [0.29, 0.717) is 12.2 Å². The number of unbranched alkanes of at least 4 members (excludes halogenated alkanes) is 2. The van der Waals surface area contributed by atoms with Crippen molar-refractivity contribution in [1.82, 2.24) is 14.6 Å².